The number of likely N-dealkylation sites (tertiary alicyclic amines) is 2. The summed E-state index contributed by atoms with van der Waals surface area (Å²) < 4.78 is 0. The number of rotatable bonds is 64. The van der Waals surface area contributed by atoms with Gasteiger partial charge in [0.1, 0.15) is 102 Å². The van der Waals surface area contributed by atoms with Crippen LogP contribution >= 0.6 is 0 Å². The first kappa shape index (κ1) is 124. The highest BCUT2D eigenvalue weighted by Crippen LogP contribution is 2.24. The molecule has 2 saturated heterocycles. The number of aromatic nitrogens is 1. The molecule has 2 fully saturated rings. The Morgan fingerprint density at radius 1 is 0.413 bits per heavy atom. The van der Waals surface area contributed by atoms with Crippen molar-refractivity contribution in [2.24, 2.45) is 40.3 Å². The number of fused-ring (bicyclic) bond motifs is 1. The van der Waals surface area contributed by atoms with Gasteiger partial charge in [-0.15, -0.1) is 0 Å². The minimum atomic E-state index is -2.11. The minimum absolute atomic E-state index is 0.00411. The fourth-order valence-electron chi connectivity index (χ4n) is 15.8. The van der Waals surface area contributed by atoms with Crippen LogP contribution in [0.3, 0.4) is 0 Å². The molecule has 2 aliphatic heterocycles. The van der Waals surface area contributed by atoms with E-state index in [1.54, 1.807) is 38.1 Å². The molecule has 150 heavy (non-hydrogen) atoms. The van der Waals surface area contributed by atoms with E-state index in [1.165, 1.54) is 44.3 Å². The standard InChI is InChI=1S/C91H139N31O28/c1-43(2)34-58(81(142)115-57(88(149)150)26-28-70(130)131)119-86(147)64-20-13-33-122(64)87(148)72(47(6)123)120-84(145)62(38-71(132)133)116-75(136)46(5)109-77(138)56(25-27-65(93)125)114-83(144)60(36-49-40-104-52-15-8-7-14-51(49)52)117-79(140)55(18-11-31-103-91(99)100)113-78(139)54(17-10-30-102-90(97)98)112-74(135)45(4)108-76(137)53(16-9-29-101-89(95)96)110-68(128)41-105-85(146)63-19-12-32-121(63)69(129)42-106-73(134)44(3)107-80(141)61(37-66(94)126)118-82(143)59(111-67(127)39-92)35-48-21-23-50(124)24-22-48/h7-8,14-15,21-24,40,43-47,53-64,72,104,123-124H,9-13,16-20,25-39,41-42,92H2,1-6H3,(H2,93,125)(H2,94,126)(H,105,146)(H,106,134)(H,107,141)(H,108,137)(H,109,138)(H,110,128)(H,111,127)(H,112,135)(H,113,139)(H,114,144)(H,115,142)(H,116,136)(H,117,140)(H,118,143)(H,119,147)(H,120,145)(H,130,131)(H,132,133)(H,149,150)(H4,95,96,101)(H4,97,98,102)(H4,99,100,103)/t44-,45-,46-,47+,53-,54-,55-,56-,57-,58-,59-,60-,61-,62-,63-,64-,72-/m0/s1. The Hall–Kier alpha value is -16.7. The van der Waals surface area contributed by atoms with Crippen LogP contribution in [0.25, 0.3) is 10.9 Å². The van der Waals surface area contributed by atoms with E-state index in [2.05, 4.69) is 106 Å². The molecule has 0 aliphatic carbocycles. The maximum absolute atomic E-state index is 15.1. The number of benzene rings is 2. The SMILES string of the molecule is CC(C)C[C@H](NC(=O)[C@@H]1CCCN1C(=O)[C@@H](NC(=O)[C@H](CC(=O)O)NC(=O)[C@H](C)NC(=O)[C@H](CCC(N)=O)NC(=O)[C@H](Cc1c[nH]c2ccccc12)NC(=O)[C@H](CCCNC(=N)N)NC(=O)[C@H](CCCNC(=N)N)NC(=O)[C@H](C)NC(=O)[C@H](CCCNC(=N)N)NC(=O)CNC(=O)[C@@H]1CCCN1C(=O)CNC(=O)[C@H](C)NC(=O)[C@H](CC(N)=O)NC(=O)[C@H](Cc1ccc(O)cc1)NC(=O)CN)[C@@H](C)O)C(=O)N[C@@H](CCC(=O)O)C(=O)O. The molecule has 0 unspecified atom stereocenters. The Balaban J connectivity index is 1.32. The number of nitrogens with zero attached hydrogens (tertiary/aromatic N) is 2. The van der Waals surface area contributed by atoms with Crippen LogP contribution in [-0.4, -0.2) is 349 Å². The van der Waals surface area contributed by atoms with Crippen LogP contribution in [0, 0.1) is 22.1 Å². The van der Waals surface area contributed by atoms with Gasteiger partial charge < -0.3 is 176 Å². The first-order valence-corrected chi connectivity index (χ1v) is 48.2. The number of carboxylic acids is 3. The van der Waals surface area contributed by atoms with Gasteiger partial charge in [0.2, 0.25) is 118 Å². The molecule has 3 heterocycles. The number of phenols is 1. The van der Waals surface area contributed by atoms with E-state index >= 15 is 9.59 Å². The molecule has 17 atom stereocenters. The van der Waals surface area contributed by atoms with Gasteiger partial charge in [0.25, 0.3) is 0 Å². The average Bonchev–Trinajstić information content (AvgIpc) is 1.69. The smallest absolute Gasteiger partial charge is 0.326 e. The zero-order chi connectivity index (χ0) is 112. The van der Waals surface area contributed by atoms with Crippen LogP contribution in [0.15, 0.2) is 54.7 Å². The lowest BCUT2D eigenvalue weighted by molar-refractivity contribution is -0.146. The Labute approximate surface area is 859 Å². The molecule has 59 nitrogen and oxygen atoms in total. The summed E-state index contributed by atoms with van der Waals surface area (Å²) in [6.07, 6.45) is -5.82. The first-order valence-electron chi connectivity index (χ1n) is 48.2. The third-order valence-corrected chi connectivity index (χ3v) is 23.6. The van der Waals surface area contributed by atoms with E-state index < -0.39 is 321 Å². The number of guanidine groups is 3. The monoisotopic (exact) mass is 2110 g/mol. The molecule has 5 rings (SSSR count). The summed E-state index contributed by atoms with van der Waals surface area (Å²) in [4.78, 5) is 318. The Morgan fingerprint density at radius 2 is 0.840 bits per heavy atom. The van der Waals surface area contributed by atoms with Crippen LogP contribution in [0.5, 0.6) is 5.75 Å². The van der Waals surface area contributed by atoms with Gasteiger partial charge in [-0.25, -0.2) is 4.79 Å². The Morgan fingerprint density at radius 3 is 1.34 bits per heavy atom. The molecule has 2 aliphatic rings. The molecule has 20 amide bonds. The summed E-state index contributed by atoms with van der Waals surface area (Å²) in [5, 5.41) is 119. The van der Waals surface area contributed by atoms with Gasteiger partial charge in [0.05, 0.1) is 38.6 Å². The van der Waals surface area contributed by atoms with Crippen molar-refractivity contribution in [3.05, 3.63) is 65.9 Å². The maximum Gasteiger partial charge on any atom is 0.326 e. The molecule has 59 heteroatoms. The second-order valence-electron chi connectivity index (χ2n) is 36.3. The van der Waals surface area contributed by atoms with Gasteiger partial charge in [0, 0.05) is 75.5 Å². The van der Waals surface area contributed by atoms with Crippen molar-refractivity contribution >= 4 is 165 Å². The molecule has 40 N–H and O–H groups in total. The topological polar surface area (TPSA) is 972 Å². The summed E-state index contributed by atoms with van der Waals surface area (Å²) >= 11 is 0. The number of aromatic hydroxyl groups is 1. The van der Waals surface area contributed by atoms with E-state index in [0.717, 1.165) is 23.6 Å². The van der Waals surface area contributed by atoms with Gasteiger partial charge in [-0.2, -0.15) is 0 Å². The number of nitrogens with one attached hydrogen (secondary N) is 23. The quantitative estimate of drug-likeness (QED) is 0.0142. The van der Waals surface area contributed by atoms with Crippen molar-refractivity contribution in [1.82, 2.24) is 116 Å². The second kappa shape index (κ2) is 61.7. The number of H-pyrrole nitrogens is 1. The lowest BCUT2D eigenvalue weighted by Crippen LogP contribution is -2.62. The zero-order valence-electron chi connectivity index (χ0n) is 83.7. The van der Waals surface area contributed by atoms with Crippen LogP contribution < -0.4 is 135 Å². The predicted octanol–water partition coefficient (Wildman–Crippen LogP) is -11.5. The number of amides is 20. The maximum atomic E-state index is 15.1. The van der Waals surface area contributed by atoms with Crippen LogP contribution in [-0.2, 0) is 123 Å². The second-order valence-corrected chi connectivity index (χ2v) is 36.3. The lowest BCUT2D eigenvalue weighted by atomic mass is 10.0. The molecule has 0 radical (unpaired) electrons. The highest BCUT2D eigenvalue weighted by molar-refractivity contribution is 6.03. The van der Waals surface area contributed by atoms with Gasteiger partial charge in [-0.1, -0.05) is 44.2 Å². The molecular formula is C91H139N31O28. The zero-order valence-corrected chi connectivity index (χ0v) is 83.7. The van der Waals surface area contributed by atoms with E-state index in [4.69, 9.17) is 55.7 Å². The highest BCUT2D eigenvalue weighted by atomic mass is 16.4. The molecule has 3 aromatic rings. The number of hydrogen-bond donors (Lipinski definition) is 34. The molecule has 1 aromatic heterocycles. The van der Waals surface area contributed by atoms with E-state index in [1.807, 2.05) is 0 Å². The number of aliphatic hydroxyl groups is 1. The number of carbonyl (C=O) groups excluding carboxylic acids is 20. The summed E-state index contributed by atoms with van der Waals surface area (Å²) in [7, 11) is 0. The predicted molar refractivity (Wildman–Crippen MR) is 530 cm³/mol. The number of primary amides is 2. The Kier molecular flexibility index (Phi) is 50.9. The number of hydrogen-bond acceptors (Lipinski definition) is 29. The fourth-order valence-corrected chi connectivity index (χ4v) is 15.8. The minimum Gasteiger partial charge on any atom is -0.508 e. The number of carbonyl (C=O) groups is 23. The van der Waals surface area contributed by atoms with Gasteiger partial charge in [-0.3, -0.25) is 122 Å². The number of nitrogens with two attached hydrogens (primary N) is 6. The summed E-state index contributed by atoms with van der Waals surface area (Å²) in [6.45, 7) is 5.40. The van der Waals surface area contributed by atoms with Crippen LogP contribution in [0.1, 0.15) is 162 Å². The van der Waals surface area contributed by atoms with Crippen molar-refractivity contribution in [3.63, 3.8) is 0 Å². The lowest BCUT2D eigenvalue weighted by Gasteiger charge is -2.32. The Bertz CT molecular complexity index is 5350. The van der Waals surface area contributed by atoms with E-state index in [9.17, 15) is 121 Å². The van der Waals surface area contributed by atoms with Gasteiger partial charge in [0.15, 0.2) is 17.9 Å². The van der Waals surface area contributed by atoms with Gasteiger partial charge in [-0.05, 0) is 146 Å². The molecule has 2 aromatic carbocycles. The van der Waals surface area contributed by atoms with E-state index in [-0.39, 0.29) is 121 Å². The first-order chi connectivity index (χ1) is 70.7. The third-order valence-electron chi connectivity index (χ3n) is 23.6. The van der Waals surface area contributed by atoms with Crippen LogP contribution in [0.4, 0.5) is 0 Å². The molecule has 0 spiro atoms. The van der Waals surface area contributed by atoms with E-state index in [0.29, 0.717) is 22.0 Å². The number of para-hydroxylation sites is 1. The number of phenolic OH excluding ortho intramolecular Hbond substituents is 1. The summed E-state index contributed by atoms with van der Waals surface area (Å²) in [5.74, 6) is -27.2. The number of aliphatic hydroxyl groups excluding tert-OH is 1. The normalized spacial score (nSPS) is 16.0. The summed E-state index contributed by atoms with van der Waals surface area (Å²) in [6, 6.07) is -13.9. The fraction of sp³-hybridized carbons (Fsp3) is 0.560. The van der Waals surface area contributed by atoms with Crippen molar-refractivity contribution in [3.8, 4) is 5.75 Å². The number of carboxylic acid groups (broad SMARTS) is 3. The highest BCUT2D eigenvalue weighted by Gasteiger charge is 2.44. The van der Waals surface area contributed by atoms with Crippen molar-refractivity contribution in [1.29, 1.82) is 16.2 Å². The summed E-state index contributed by atoms with van der Waals surface area (Å²) in [5.41, 5.74) is 34.4. The van der Waals surface area contributed by atoms with Crippen molar-refractivity contribution < 1.29 is 136 Å². The average molecular weight is 2120 g/mol. The molecule has 0 bridgehead atoms. The number of aliphatic carboxylic acids is 3. The number of aromatic amines is 1. The van der Waals surface area contributed by atoms with Crippen molar-refractivity contribution in [2.45, 2.75) is 266 Å². The van der Waals surface area contributed by atoms with Crippen LogP contribution in [0.2, 0.25) is 0 Å². The molecular weight excluding hydrogens is 1980 g/mol. The third kappa shape index (κ3) is 42.8. The molecule has 0 saturated carbocycles. The van der Waals surface area contributed by atoms with Gasteiger partial charge >= 0.3 is 17.9 Å². The van der Waals surface area contributed by atoms with Crippen molar-refractivity contribution in [2.75, 3.05) is 52.4 Å². The molecule has 826 valence electrons. The largest absolute Gasteiger partial charge is 0.508 e.